The largest absolute Gasteiger partial charge is 0.314 e. The van der Waals surface area contributed by atoms with Crippen molar-refractivity contribution < 1.29 is 0 Å². The maximum Gasteiger partial charge on any atom is 0.00389 e. The van der Waals surface area contributed by atoms with Gasteiger partial charge in [-0.2, -0.15) is 0 Å². The molecule has 1 fully saturated rings. The second-order valence-electron chi connectivity index (χ2n) is 6.30. The first kappa shape index (κ1) is 14.0. The Morgan fingerprint density at radius 2 is 1.75 bits per heavy atom. The van der Waals surface area contributed by atoms with E-state index in [2.05, 4.69) is 33.0 Å². The topological polar surface area (TPSA) is 12.0 Å². The highest BCUT2D eigenvalue weighted by atomic mass is 14.9. The second kappa shape index (κ2) is 7.32. The molecule has 1 aliphatic carbocycles. The molecule has 0 aromatic rings. The lowest BCUT2D eigenvalue weighted by atomic mass is 9.80. The molecule has 0 aromatic heterocycles. The summed E-state index contributed by atoms with van der Waals surface area (Å²) in [6.45, 7) is 10.7. The van der Waals surface area contributed by atoms with Crippen LogP contribution >= 0.6 is 0 Å². The van der Waals surface area contributed by atoms with Crippen LogP contribution in [0.1, 0.15) is 66.2 Å². The fourth-order valence-electron chi connectivity index (χ4n) is 2.73. The van der Waals surface area contributed by atoms with Gasteiger partial charge in [-0.05, 0) is 50.5 Å². The van der Waals surface area contributed by atoms with Crippen LogP contribution in [0, 0.1) is 17.8 Å². The zero-order valence-electron chi connectivity index (χ0n) is 11.8. The molecular weight excluding hydrogens is 194 g/mol. The summed E-state index contributed by atoms with van der Waals surface area (Å²) in [5.41, 5.74) is 0. The maximum absolute atomic E-state index is 3.74. The van der Waals surface area contributed by atoms with E-state index in [1.54, 1.807) is 0 Å². The van der Waals surface area contributed by atoms with E-state index < -0.39 is 0 Å². The second-order valence-corrected chi connectivity index (χ2v) is 6.30. The van der Waals surface area contributed by atoms with E-state index in [0.717, 1.165) is 17.8 Å². The van der Waals surface area contributed by atoms with Gasteiger partial charge in [-0.25, -0.2) is 0 Å². The molecule has 0 spiro atoms. The molecule has 1 saturated carbocycles. The third kappa shape index (κ3) is 5.34. The zero-order chi connectivity index (χ0) is 12.0. The van der Waals surface area contributed by atoms with Gasteiger partial charge in [0.25, 0.3) is 0 Å². The predicted octanol–water partition coefficient (Wildman–Crippen LogP) is 4.23. The first-order valence-corrected chi connectivity index (χ1v) is 7.33. The van der Waals surface area contributed by atoms with Crippen molar-refractivity contribution in [2.24, 2.45) is 17.8 Å². The Kier molecular flexibility index (Phi) is 6.41. The molecule has 0 aliphatic heterocycles. The van der Waals surface area contributed by atoms with Crippen molar-refractivity contribution in [3.8, 4) is 0 Å². The van der Waals surface area contributed by atoms with Gasteiger partial charge in [0.05, 0.1) is 0 Å². The monoisotopic (exact) mass is 225 g/mol. The van der Waals surface area contributed by atoms with Gasteiger partial charge in [0.15, 0.2) is 0 Å². The van der Waals surface area contributed by atoms with Crippen LogP contribution in [0.3, 0.4) is 0 Å². The molecule has 1 N–H and O–H groups in total. The molecule has 0 bridgehead atoms. The smallest absolute Gasteiger partial charge is 0.00389 e. The van der Waals surface area contributed by atoms with Gasteiger partial charge in [-0.1, -0.05) is 40.0 Å². The van der Waals surface area contributed by atoms with Crippen LogP contribution in [0.4, 0.5) is 0 Å². The van der Waals surface area contributed by atoms with E-state index in [1.165, 1.54) is 45.1 Å². The quantitative estimate of drug-likeness (QED) is 0.713. The third-order valence-corrected chi connectivity index (χ3v) is 4.19. The minimum atomic E-state index is 0.705. The molecule has 0 amide bonds. The van der Waals surface area contributed by atoms with Crippen LogP contribution in [0.25, 0.3) is 0 Å². The van der Waals surface area contributed by atoms with Crippen LogP contribution in [0.5, 0.6) is 0 Å². The first-order valence-electron chi connectivity index (χ1n) is 7.33. The molecule has 0 heterocycles. The van der Waals surface area contributed by atoms with Crippen molar-refractivity contribution in [3.63, 3.8) is 0 Å². The molecule has 1 rings (SSSR count). The molecular formula is C15H31N. The minimum Gasteiger partial charge on any atom is -0.314 e. The lowest BCUT2D eigenvalue weighted by Crippen LogP contribution is -2.34. The summed E-state index contributed by atoms with van der Waals surface area (Å²) in [6, 6.07) is 0.705. The Balaban J connectivity index is 2.12. The minimum absolute atomic E-state index is 0.705. The fraction of sp³-hybridized carbons (Fsp3) is 1.00. The number of hydrogen-bond donors (Lipinski definition) is 1. The van der Waals surface area contributed by atoms with Crippen LogP contribution in [-0.4, -0.2) is 12.6 Å². The van der Waals surface area contributed by atoms with Gasteiger partial charge in [0, 0.05) is 6.04 Å². The number of nitrogens with one attached hydrogen (secondary N) is 1. The zero-order valence-corrected chi connectivity index (χ0v) is 11.8. The number of hydrogen-bond acceptors (Lipinski definition) is 1. The van der Waals surface area contributed by atoms with Gasteiger partial charge in [-0.15, -0.1) is 0 Å². The van der Waals surface area contributed by atoms with Crippen molar-refractivity contribution >= 4 is 0 Å². The number of rotatable bonds is 6. The van der Waals surface area contributed by atoms with Crippen LogP contribution < -0.4 is 5.32 Å². The van der Waals surface area contributed by atoms with Crippen molar-refractivity contribution in [1.29, 1.82) is 0 Å². The Labute approximate surface area is 102 Å². The summed E-state index contributed by atoms with van der Waals surface area (Å²) >= 11 is 0. The first-order chi connectivity index (χ1) is 7.59. The molecule has 3 atom stereocenters. The molecule has 96 valence electrons. The van der Waals surface area contributed by atoms with E-state index in [9.17, 15) is 0 Å². The summed E-state index contributed by atoms with van der Waals surface area (Å²) in [6.07, 6.45) is 8.50. The average molecular weight is 225 g/mol. The summed E-state index contributed by atoms with van der Waals surface area (Å²) in [4.78, 5) is 0. The van der Waals surface area contributed by atoms with Crippen molar-refractivity contribution in [2.45, 2.75) is 72.3 Å². The Morgan fingerprint density at radius 1 is 1.06 bits per heavy atom. The van der Waals surface area contributed by atoms with Gasteiger partial charge in [0.2, 0.25) is 0 Å². The van der Waals surface area contributed by atoms with Gasteiger partial charge in [-0.3, -0.25) is 0 Å². The SMILES string of the molecule is CC(C)CCC(C)NCC1CCCCC1C. The Hall–Kier alpha value is -0.0400. The molecule has 0 saturated heterocycles. The molecule has 1 heteroatoms. The summed E-state index contributed by atoms with van der Waals surface area (Å²) in [7, 11) is 0. The summed E-state index contributed by atoms with van der Waals surface area (Å²) in [5.74, 6) is 2.73. The van der Waals surface area contributed by atoms with Gasteiger partial charge in [0.1, 0.15) is 0 Å². The lowest BCUT2D eigenvalue weighted by molar-refractivity contribution is 0.239. The standard InChI is InChI=1S/C15H31N/c1-12(2)9-10-14(4)16-11-15-8-6-5-7-13(15)3/h12-16H,5-11H2,1-4H3. The summed E-state index contributed by atoms with van der Waals surface area (Å²) in [5, 5.41) is 3.74. The molecule has 16 heavy (non-hydrogen) atoms. The lowest BCUT2D eigenvalue weighted by Gasteiger charge is -2.30. The van der Waals surface area contributed by atoms with E-state index in [1.807, 2.05) is 0 Å². The van der Waals surface area contributed by atoms with Gasteiger partial charge < -0.3 is 5.32 Å². The van der Waals surface area contributed by atoms with Crippen LogP contribution in [-0.2, 0) is 0 Å². The average Bonchev–Trinajstić information content (AvgIpc) is 2.25. The fourth-order valence-corrected chi connectivity index (χ4v) is 2.73. The predicted molar refractivity (Wildman–Crippen MR) is 72.7 cm³/mol. The summed E-state index contributed by atoms with van der Waals surface area (Å²) < 4.78 is 0. The normalized spacial score (nSPS) is 28.3. The van der Waals surface area contributed by atoms with Crippen LogP contribution in [0.2, 0.25) is 0 Å². The highest BCUT2D eigenvalue weighted by Crippen LogP contribution is 2.28. The van der Waals surface area contributed by atoms with E-state index in [4.69, 9.17) is 0 Å². The maximum atomic E-state index is 3.74. The van der Waals surface area contributed by atoms with E-state index >= 15 is 0 Å². The van der Waals surface area contributed by atoms with Crippen molar-refractivity contribution in [2.75, 3.05) is 6.54 Å². The molecule has 1 aliphatic rings. The molecule has 3 unspecified atom stereocenters. The third-order valence-electron chi connectivity index (χ3n) is 4.19. The molecule has 0 aromatic carbocycles. The van der Waals surface area contributed by atoms with Crippen molar-refractivity contribution in [3.05, 3.63) is 0 Å². The van der Waals surface area contributed by atoms with E-state index in [0.29, 0.717) is 6.04 Å². The Bertz CT molecular complexity index is 176. The molecule has 1 nitrogen and oxygen atoms in total. The highest BCUT2D eigenvalue weighted by Gasteiger charge is 2.21. The van der Waals surface area contributed by atoms with Gasteiger partial charge >= 0.3 is 0 Å². The van der Waals surface area contributed by atoms with E-state index in [-0.39, 0.29) is 0 Å². The van der Waals surface area contributed by atoms with Crippen molar-refractivity contribution in [1.82, 2.24) is 5.32 Å². The van der Waals surface area contributed by atoms with Crippen LogP contribution in [0.15, 0.2) is 0 Å². The Morgan fingerprint density at radius 3 is 2.38 bits per heavy atom. The highest BCUT2D eigenvalue weighted by molar-refractivity contribution is 4.75. The molecule has 0 radical (unpaired) electrons.